The third-order valence-electron chi connectivity index (χ3n) is 3.48. The summed E-state index contributed by atoms with van der Waals surface area (Å²) in [4.78, 5) is 23.0. The Labute approximate surface area is 110 Å². The zero-order valence-electron chi connectivity index (χ0n) is 10.2. The summed E-state index contributed by atoms with van der Waals surface area (Å²) >= 11 is 0. The zero-order valence-corrected chi connectivity index (χ0v) is 10.2. The number of carboxylic acids is 1. The molecule has 0 atom stereocenters. The standard InChI is InChI=1S/C16H12O3/c17-14(9-15(18)19)16-12-7-3-1-5-10(12)11-6-2-4-8-13(11)16/h1-8,16H,9H2,(H,18,19). The van der Waals surface area contributed by atoms with E-state index in [0.29, 0.717) is 0 Å². The van der Waals surface area contributed by atoms with Gasteiger partial charge in [0.2, 0.25) is 0 Å². The van der Waals surface area contributed by atoms with Gasteiger partial charge in [-0.2, -0.15) is 0 Å². The van der Waals surface area contributed by atoms with Crippen LogP contribution in [0.2, 0.25) is 0 Å². The molecule has 0 spiro atoms. The molecule has 3 heteroatoms. The molecular weight excluding hydrogens is 240 g/mol. The van der Waals surface area contributed by atoms with Crippen molar-refractivity contribution in [2.45, 2.75) is 12.3 Å². The zero-order chi connectivity index (χ0) is 13.4. The predicted molar refractivity (Wildman–Crippen MR) is 71.0 cm³/mol. The van der Waals surface area contributed by atoms with Crippen molar-refractivity contribution in [1.82, 2.24) is 0 Å². The lowest BCUT2D eigenvalue weighted by Gasteiger charge is -2.10. The first-order chi connectivity index (χ1) is 9.18. The number of rotatable bonds is 3. The summed E-state index contributed by atoms with van der Waals surface area (Å²) in [7, 11) is 0. The highest BCUT2D eigenvalue weighted by Crippen LogP contribution is 2.45. The van der Waals surface area contributed by atoms with Gasteiger partial charge in [-0.15, -0.1) is 0 Å². The van der Waals surface area contributed by atoms with E-state index >= 15 is 0 Å². The lowest BCUT2D eigenvalue weighted by molar-refractivity contribution is -0.140. The van der Waals surface area contributed by atoms with Gasteiger partial charge in [0.25, 0.3) is 0 Å². The number of hydrogen-bond acceptors (Lipinski definition) is 2. The van der Waals surface area contributed by atoms with Crippen LogP contribution in [0.4, 0.5) is 0 Å². The molecule has 0 amide bonds. The molecule has 0 aliphatic heterocycles. The molecule has 0 saturated carbocycles. The van der Waals surface area contributed by atoms with Crippen molar-refractivity contribution in [1.29, 1.82) is 0 Å². The van der Waals surface area contributed by atoms with Gasteiger partial charge in [-0.1, -0.05) is 48.5 Å². The summed E-state index contributed by atoms with van der Waals surface area (Å²) < 4.78 is 0. The molecule has 3 rings (SSSR count). The Hall–Kier alpha value is -2.42. The number of benzene rings is 2. The van der Waals surface area contributed by atoms with Crippen LogP contribution in [0.15, 0.2) is 48.5 Å². The van der Waals surface area contributed by atoms with Gasteiger partial charge < -0.3 is 5.11 Å². The molecule has 2 aromatic rings. The van der Waals surface area contributed by atoms with Crippen molar-refractivity contribution in [3.05, 3.63) is 59.7 Å². The van der Waals surface area contributed by atoms with E-state index in [4.69, 9.17) is 5.11 Å². The monoisotopic (exact) mass is 252 g/mol. The third kappa shape index (κ3) is 1.83. The average Bonchev–Trinajstić information content (AvgIpc) is 2.72. The highest BCUT2D eigenvalue weighted by molar-refractivity contribution is 6.04. The molecule has 0 saturated heterocycles. The highest BCUT2D eigenvalue weighted by Gasteiger charge is 2.33. The van der Waals surface area contributed by atoms with Crippen molar-refractivity contribution in [3.8, 4) is 11.1 Å². The quantitative estimate of drug-likeness (QED) is 0.854. The van der Waals surface area contributed by atoms with Crippen LogP contribution in [0.5, 0.6) is 0 Å². The van der Waals surface area contributed by atoms with Crippen LogP contribution < -0.4 is 0 Å². The molecule has 1 aliphatic carbocycles. The average molecular weight is 252 g/mol. The normalized spacial score (nSPS) is 12.8. The summed E-state index contributed by atoms with van der Waals surface area (Å²) in [5.41, 5.74) is 3.88. The fraction of sp³-hybridized carbons (Fsp3) is 0.125. The van der Waals surface area contributed by atoms with Crippen molar-refractivity contribution >= 4 is 11.8 Å². The van der Waals surface area contributed by atoms with Crippen molar-refractivity contribution in [2.24, 2.45) is 0 Å². The Morgan fingerprint density at radius 2 is 1.37 bits per heavy atom. The summed E-state index contributed by atoms with van der Waals surface area (Å²) in [6.07, 6.45) is -0.437. The van der Waals surface area contributed by atoms with E-state index in [1.165, 1.54) is 0 Å². The second-order valence-electron chi connectivity index (χ2n) is 4.64. The molecule has 1 N–H and O–H groups in total. The first-order valence-corrected chi connectivity index (χ1v) is 6.11. The number of carbonyl (C=O) groups excluding carboxylic acids is 1. The number of ketones is 1. The molecule has 19 heavy (non-hydrogen) atoms. The van der Waals surface area contributed by atoms with E-state index in [2.05, 4.69) is 0 Å². The number of aliphatic carboxylic acids is 1. The summed E-state index contributed by atoms with van der Waals surface area (Å²) in [5.74, 6) is -1.78. The second kappa shape index (κ2) is 4.35. The van der Waals surface area contributed by atoms with Gasteiger partial charge in [0, 0.05) is 0 Å². The van der Waals surface area contributed by atoms with Crippen LogP contribution in [0.3, 0.4) is 0 Å². The van der Waals surface area contributed by atoms with Crippen molar-refractivity contribution in [2.75, 3.05) is 0 Å². The van der Waals surface area contributed by atoms with Crippen molar-refractivity contribution < 1.29 is 14.7 Å². The van der Waals surface area contributed by atoms with E-state index < -0.39 is 18.3 Å². The van der Waals surface area contributed by atoms with E-state index in [1.807, 2.05) is 48.5 Å². The molecule has 0 unspecified atom stereocenters. The molecule has 94 valence electrons. The van der Waals surface area contributed by atoms with E-state index in [0.717, 1.165) is 22.3 Å². The number of hydrogen-bond donors (Lipinski definition) is 1. The Balaban J connectivity index is 2.15. The smallest absolute Gasteiger partial charge is 0.310 e. The van der Waals surface area contributed by atoms with Crippen LogP contribution >= 0.6 is 0 Å². The Morgan fingerprint density at radius 3 is 1.84 bits per heavy atom. The Bertz CT molecular complexity index is 628. The third-order valence-corrected chi connectivity index (χ3v) is 3.48. The maximum Gasteiger partial charge on any atom is 0.310 e. The minimum atomic E-state index is -1.08. The number of fused-ring (bicyclic) bond motifs is 3. The second-order valence-corrected chi connectivity index (χ2v) is 4.64. The molecule has 0 bridgehead atoms. The molecular formula is C16H12O3. The van der Waals surface area contributed by atoms with E-state index in [9.17, 15) is 9.59 Å². The van der Waals surface area contributed by atoms with Crippen LogP contribution in [-0.4, -0.2) is 16.9 Å². The molecule has 0 aromatic heterocycles. The van der Waals surface area contributed by atoms with E-state index in [1.54, 1.807) is 0 Å². The minimum Gasteiger partial charge on any atom is -0.481 e. The number of carboxylic acid groups (broad SMARTS) is 1. The molecule has 0 heterocycles. The minimum absolute atomic E-state index is 0.259. The fourth-order valence-corrected chi connectivity index (χ4v) is 2.75. The summed E-state index contributed by atoms with van der Waals surface area (Å²) in [6, 6.07) is 15.4. The van der Waals surface area contributed by atoms with Crippen LogP contribution in [0.25, 0.3) is 11.1 Å². The van der Waals surface area contributed by atoms with Gasteiger partial charge in [0.05, 0.1) is 5.92 Å². The number of Topliss-reactive ketones (excluding diaryl/α,β-unsaturated/α-hetero) is 1. The fourth-order valence-electron chi connectivity index (χ4n) is 2.75. The number of carbonyl (C=O) groups is 2. The van der Waals surface area contributed by atoms with Crippen LogP contribution in [0, 0.1) is 0 Å². The molecule has 1 aliphatic rings. The van der Waals surface area contributed by atoms with Crippen molar-refractivity contribution in [3.63, 3.8) is 0 Å². The van der Waals surface area contributed by atoms with Gasteiger partial charge in [-0.3, -0.25) is 9.59 Å². The highest BCUT2D eigenvalue weighted by atomic mass is 16.4. The Morgan fingerprint density at radius 1 is 0.895 bits per heavy atom. The van der Waals surface area contributed by atoms with Gasteiger partial charge >= 0.3 is 5.97 Å². The lowest BCUT2D eigenvalue weighted by atomic mass is 9.91. The molecule has 0 radical (unpaired) electrons. The SMILES string of the molecule is O=C(O)CC(=O)C1c2ccccc2-c2ccccc21. The van der Waals surface area contributed by atoms with Crippen LogP contribution in [-0.2, 0) is 9.59 Å². The molecule has 3 nitrogen and oxygen atoms in total. The first kappa shape index (κ1) is 11.7. The molecule has 2 aromatic carbocycles. The van der Waals surface area contributed by atoms with E-state index in [-0.39, 0.29) is 5.78 Å². The Kier molecular flexibility index (Phi) is 2.67. The molecule has 0 fully saturated rings. The summed E-state index contributed by atoms with van der Waals surface area (Å²) in [6.45, 7) is 0. The maximum atomic E-state index is 12.2. The largest absolute Gasteiger partial charge is 0.481 e. The van der Waals surface area contributed by atoms with Gasteiger partial charge in [-0.25, -0.2) is 0 Å². The lowest BCUT2D eigenvalue weighted by Crippen LogP contribution is -2.15. The predicted octanol–water partition coefficient (Wildman–Crippen LogP) is 2.84. The first-order valence-electron chi connectivity index (χ1n) is 6.11. The maximum absolute atomic E-state index is 12.2. The van der Waals surface area contributed by atoms with Crippen LogP contribution in [0.1, 0.15) is 23.5 Å². The van der Waals surface area contributed by atoms with Gasteiger partial charge in [-0.05, 0) is 22.3 Å². The van der Waals surface area contributed by atoms with Gasteiger partial charge in [0.1, 0.15) is 6.42 Å². The topological polar surface area (TPSA) is 54.4 Å². The van der Waals surface area contributed by atoms with Gasteiger partial charge in [0.15, 0.2) is 5.78 Å². The summed E-state index contributed by atoms with van der Waals surface area (Å²) in [5, 5.41) is 8.82.